The lowest BCUT2D eigenvalue weighted by Crippen LogP contribution is -1.98. The third kappa shape index (κ3) is 7.58. The summed E-state index contributed by atoms with van der Waals surface area (Å²) >= 11 is 0. The number of Topliss-reactive ketones (excluding diaryl/α,β-unsaturated/α-hetero) is 1. The van der Waals surface area contributed by atoms with Crippen LogP contribution in [0.15, 0.2) is 0 Å². The first-order valence-electron chi connectivity index (χ1n) is 6.91. The van der Waals surface area contributed by atoms with Gasteiger partial charge in [0.15, 0.2) is 0 Å². The molecule has 0 N–H and O–H groups in total. The van der Waals surface area contributed by atoms with E-state index in [0.29, 0.717) is 5.78 Å². The maximum atomic E-state index is 11.5. The van der Waals surface area contributed by atoms with E-state index in [1.165, 1.54) is 57.8 Å². The van der Waals surface area contributed by atoms with Gasteiger partial charge in [-0.1, -0.05) is 57.8 Å². The van der Waals surface area contributed by atoms with Gasteiger partial charge in [0.1, 0.15) is 5.78 Å². The van der Waals surface area contributed by atoms with Crippen molar-refractivity contribution < 1.29 is 4.79 Å². The average Bonchev–Trinajstić information content (AvgIpc) is 2.24. The van der Waals surface area contributed by atoms with Crippen molar-refractivity contribution in [3.8, 4) is 0 Å². The maximum Gasteiger partial charge on any atom is 0.132 e. The van der Waals surface area contributed by atoms with E-state index in [1.54, 1.807) is 0 Å². The van der Waals surface area contributed by atoms with Crippen LogP contribution in [-0.4, -0.2) is 5.78 Å². The molecule has 0 unspecified atom stereocenters. The SMILES string of the molecule is O=C1CCCCCCCCCCCCC1. The van der Waals surface area contributed by atoms with Crippen LogP contribution in [0.3, 0.4) is 0 Å². The number of rotatable bonds is 0. The van der Waals surface area contributed by atoms with E-state index in [9.17, 15) is 4.79 Å². The fourth-order valence-corrected chi connectivity index (χ4v) is 2.36. The minimum atomic E-state index is 0.507. The molecule has 1 aliphatic carbocycles. The molecule has 0 atom stereocenters. The van der Waals surface area contributed by atoms with Crippen LogP contribution in [0.4, 0.5) is 0 Å². The van der Waals surface area contributed by atoms with E-state index in [-0.39, 0.29) is 0 Å². The lowest BCUT2D eigenvalue weighted by molar-refractivity contribution is -0.119. The lowest BCUT2D eigenvalue weighted by atomic mass is 10.0. The van der Waals surface area contributed by atoms with Crippen molar-refractivity contribution in [2.24, 2.45) is 0 Å². The lowest BCUT2D eigenvalue weighted by Gasteiger charge is -2.05. The number of carbonyl (C=O) groups is 1. The molecule has 15 heavy (non-hydrogen) atoms. The van der Waals surface area contributed by atoms with Crippen molar-refractivity contribution in [3.63, 3.8) is 0 Å². The molecule has 1 heteroatoms. The quantitative estimate of drug-likeness (QED) is 0.569. The topological polar surface area (TPSA) is 17.1 Å². The van der Waals surface area contributed by atoms with Gasteiger partial charge in [0.2, 0.25) is 0 Å². The minimum absolute atomic E-state index is 0.507. The minimum Gasteiger partial charge on any atom is -0.300 e. The predicted molar refractivity (Wildman–Crippen MR) is 65.0 cm³/mol. The molecule has 0 radical (unpaired) electrons. The van der Waals surface area contributed by atoms with Crippen molar-refractivity contribution in [2.45, 2.75) is 83.5 Å². The summed E-state index contributed by atoms with van der Waals surface area (Å²) in [7, 11) is 0. The van der Waals surface area contributed by atoms with Crippen molar-refractivity contribution in [3.05, 3.63) is 0 Å². The smallest absolute Gasteiger partial charge is 0.132 e. The Kier molecular flexibility index (Phi) is 7.59. The van der Waals surface area contributed by atoms with E-state index < -0.39 is 0 Å². The van der Waals surface area contributed by atoms with Crippen LogP contribution in [0, 0.1) is 0 Å². The molecular formula is C14H26O. The molecule has 1 rings (SSSR count). The molecule has 0 aliphatic heterocycles. The first kappa shape index (κ1) is 12.7. The normalized spacial score (nSPS) is 23.3. The van der Waals surface area contributed by atoms with Gasteiger partial charge in [-0.15, -0.1) is 0 Å². The van der Waals surface area contributed by atoms with Crippen molar-refractivity contribution in [1.29, 1.82) is 0 Å². The zero-order valence-corrected chi connectivity index (χ0v) is 10.1. The molecule has 0 spiro atoms. The molecule has 1 nitrogen and oxygen atoms in total. The average molecular weight is 210 g/mol. The van der Waals surface area contributed by atoms with Gasteiger partial charge in [-0.05, 0) is 12.8 Å². The van der Waals surface area contributed by atoms with Crippen LogP contribution in [0.5, 0.6) is 0 Å². The van der Waals surface area contributed by atoms with E-state index in [4.69, 9.17) is 0 Å². The van der Waals surface area contributed by atoms with Gasteiger partial charge in [0.05, 0.1) is 0 Å². The largest absolute Gasteiger partial charge is 0.300 e. The Morgan fingerprint density at radius 2 is 0.733 bits per heavy atom. The van der Waals surface area contributed by atoms with Crippen LogP contribution < -0.4 is 0 Å². The highest BCUT2D eigenvalue weighted by atomic mass is 16.1. The Balaban J connectivity index is 2.13. The summed E-state index contributed by atoms with van der Waals surface area (Å²) in [6, 6.07) is 0. The second kappa shape index (κ2) is 8.94. The number of ketones is 1. The van der Waals surface area contributed by atoms with E-state index in [0.717, 1.165) is 25.7 Å². The van der Waals surface area contributed by atoms with Gasteiger partial charge < -0.3 is 0 Å². The Morgan fingerprint density at radius 1 is 0.467 bits per heavy atom. The molecule has 0 aromatic carbocycles. The van der Waals surface area contributed by atoms with Gasteiger partial charge in [0.25, 0.3) is 0 Å². The second-order valence-corrected chi connectivity index (χ2v) is 4.93. The number of carbonyl (C=O) groups excluding carboxylic acids is 1. The van der Waals surface area contributed by atoms with Gasteiger partial charge in [-0.2, -0.15) is 0 Å². The first-order valence-corrected chi connectivity index (χ1v) is 6.91. The molecule has 0 aromatic heterocycles. The highest BCUT2D eigenvalue weighted by Gasteiger charge is 2.02. The third-order valence-corrected chi connectivity index (χ3v) is 3.41. The van der Waals surface area contributed by atoms with Gasteiger partial charge >= 0.3 is 0 Å². The molecule has 1 saturated carbocycles. The third-order valence-electron chi connectivity index (χ3n) is 3.41. The molecule has 88 valence electrons. The van der Waals surface area contributed by atoms with Crippen molar-refractivity contribution >= 4 is 5.78 Å². The Bertz CT molecular complexity index is 147. The fourth-order valence-electron chi connectivity index (χ4n) is 2.36. The number of hydrogen-bond acceptors (Lipinski definition) is 1. The van der Waals surface area contributed by atoms with Crippen LogP contribution in [0.25, 0.3) is 0 Å². The van der Waals surface area contributed by atoms with E-state index in [1.807, 2.05) is 0 Å². The highest BCUT2D eigenvalue weighted by molar-refractivity contribution is 5.78. The van der Waals surface area contributed by atoms with Crippen LogP contribution >= 0.6 is 0 Å². The van der Waals surface area contributed by atoms with Crippen LogP contribution in [0.1, 0.15) is 83.5 Å². The van der Waals surface area contributed by atoms with E-state index >= 15 is 0 Å². The Morgan fingerprint density at radius 3 is 1.07 bits per heavy atom. The molecule has 1 aliphatic rings. The molecule has 1 fully saturated rings. The van der Waals surface area contributed by atoms with Gasteiger partial charge in [-0.3, -0.25) is 4.79 Å². The highest BCUT2D eigenvalue weighted by Crippen LogP contribution is 2.14. The number of hydrogen-bond donors (Lipinski definition) is 0. The first-order chi connectivity index (χ1) is 7.39. The fraction of sp³-hybridized carbons (Fsp3) is 0.929. The summed E-state index contributed by atoms with van der Waals surface area (Å²) in [6.45, 7) is 0. The summed E-state index contributed by atoms with van der Waals surface area (Å²) < 4.78 is 0. The maximum absolute atomic E-state index is 11.5. The van der Waals surface area contributed by atoms with Crippen LogP contribution in [-0.2, 0) is 4.79 Å². The van der Waals surface area contributed by atoms with Crippen molar-refractivity contribution in [2.75, 3.05) is 0 Å². The zero-order chi connectivity index (χ0) is 10.8. The predicted octanol–water partition coefficient (Wildman–Crippen LogP) is 4.64. The molecule has 0 aromatic rings. The van der Waals surface area contributed by atoms with Gasteiger partial charge in [0, 0.05) is 12.8 Å². The molecule has 0 amide bonds. The summed E-state index contributed by atoms with van der Waals surface area (Å²) in [6.07, 6.45) is 16.2. The monoisotopic (exact) mass is 210 g/mol. The summed E-state index contributed by atoms with van der Waals surface area (Å²) in [5, 5.41) is 0. The second-order valence-electron chi connectivity index (χ2n) is 4.93. The zero-order valence-electron chi connectivity index (χ0n) is 10.1. The van der Waals surface area contributed by atoms with Gasteiger partial charge in [-0.25, -0.2) is 0 Å². The molecular weight excluding hydrogens is 184 g/mol. The Labute approximate surface area is 94.6 Å². The molecule has 0 bridgehead atoms. The van der Waals surface area contributed by atoms with Crippen molar-refractivity contribution in [1.82, 2.24) is 0 Å². The molecule has 0 heterocycles. The standard InChI is InChI=1S/C14H26O/c15-14-12-10-8-6-4-2-1-3-5-7-9-11-13-14/h1-13H2. The molecule has 0 saturated heterocycles. The van der Waals surface area contributed by atoms with E-state index in [2.05, 4.69) is 0 Å². The Hall–Kier alpha value is -0.330. The summed E-state index contributed by atoms with van der Waals surface area (Å²) in [4.78, 5) is 11.5. The summed E-state index contributed by atoms with van der Waals surface area (Å²) in [5.41, 5.74) is 0. The summed E-state index contributed by atoms with van der Waals surface area (Å²) in [5.74, 6) is 0.507. The van der Waals surface area contributed by atoms with Crippen LogP contribution in [0.2, 0.25) is 0 Å².